The molecule has 0 fully saturated rings. The van der Waals surface area contributed by atoms with E-state index < -0.39 is 17.9 Å². The van der Waals surface area contributed by atoms with Crippen LogP contribution in [0.2, 0.25) is 0 Å². The van der Waals surface area contributed by atoms with Crippen molar-refractivity contribution >= 4 is 29.7 Å². The highest BCUT2D eigenvalue weighted by Crippen LogP contribution is 1.95. The van der Waals surface area contributed by atoms with Crippen molar-refractivity contribution in [2.75, 3.05) is 6.61 Å². The molecule has 9 nitrogen and oxygen atoms in total. The maximum absolute atomic E-state index is 10.7. The van der Waals surface area contributed by atoms with Gasteiger partial charge in [0.2, 0.25) is 0 Å². The van der Waals surface area contributed by atoms with Gasteiger partial charge in [-0.05, 0) is 20.3 Å². The summed E-state index contributed by atoms with van der Waals surface area (Å²) < 4.78 is 9.05. The average Bonchev–Trinajstić information content (AvgIpc) is 2.60. The number of carbonyl (C=O) groups is 5. The molecule has 0 spiro atoms. The number of unbranched alkanes of at least 4 members (excludes halogenated alkanes) is 1. The zero-order chi connectivity index (χ0) is 21.8. The lowest BCUT2D eigenvalue weighted by molar-refractivity contribution is -0.141. The van der Waals surface area contributed by atoms with Crippen LogP contribution in [0.4, 0.5) is 0 Å². The van der Waals surface area contributed by atoms with Gasteiger partial charge < -0.3 is 19.7 Å². The van der Waals surface area contributed by atoms with Gasteiger partial charge in [0.25, 0.3) is 0 Å². The Kier molecular flexibility index (Phi) is 20.2. The van der Waals surface area contributed by atoms with E-state index in [-0.39, 0.29) is 23.7 Å². The number of rotatable bonds is 9. The summed E-state index contributed by atoms with van der Waals surface area (Å²) in [5.74, 6) is -3.57. The van der Waals surface area contributed by atoms with Gasteiger partial charge in [0.15, 0.2) is 0 Å². The van der Waals surface area contributed by atoms with E-state index in [0.717, 1.165) is 25.2 Å². The molecule has 0 radical (unpaired) electrons. The van der Waals surface area contributed by atoms with Crippen molar-refractivity contribution < 1.29 is 43.7 Å². The molecule has 2 N–H and O–H groups in total. The second kappa shape index (κ2) is 19.1. The van der Waals surface area contributed by atoms with E-state index in [2.05, 4.69) is 22.6 Å². The summed E-state index contributed by atoms with van der Waals surface area (Å²) in [7, 11) is 0. The zero-order valence-corrected chi connectivity index (χ0v) is 15.7. The molecule has 0 aliphatic heterocycles. The Hall–Kier alpha value is -3.23. The predicted molar refractivity (Wildman–Crippen MR) is 96.7 cm³/mol. The lowest BCUT2D eigenvalue weighted by atomic mass is 10.3. The monoisotopic (exact) mass is 386 g/mol. The highest BCUT2D eigenvalue weighted by Gasteiger charge is 2.06. The Morgan fingerprint density at radius 3 is 1.85 bits per heavy atom. The molecule has 0 unspecified atom stereocenters. The number of hydrogen-bond acceptors (Lipinski definition) is 7. The molecule has 0 aromatic heterocycles. The molecule has 0 saturated carbocycles. The fraction of sp³-hybridized carbons (Fsp3) is 0.389. The summed E-state index contributed by atoms with van der Waals surface area (Å²) in [5.41, 5.74) is -0.100. The molecule has 0 rings (SSSR count). The van der Waals surface area contributed by atoms with Gasteiger partial charge in [0.05, 0.1) is 12.2 Å². The van der Waals surface area contributed by atoms with Gasteiger partial charge in [0, 0.05) is 12.2 Å². The molecular formula is C18H26O9. The van der Waals surface area contributed by atoms with Crippen LogP contribution < -0.4 is 0 Å². The lowest BCUT2D eigenvalue weighted by Gasteiger charge is -1.97. The van der Waals surface area contributed by atoms with Crippen LogP contribution in [0.3, 0.4) is 0 Å². The number of aliphatic carboxylic acids is 2. The van der Waals surface area contributed by atoms with Crippen molar-refractivity contribution in [3.63, 3.8) is 0 Å². The van der Waals surface area contributed by atoms with Gasteiger partial charge in [0.1, 0.15) is 18.5 Å². The third-order valence-electron chi connectivity index (χ3n) is 2.18. The lowest BCUT2D eigenvalue weighted by Crippen LogP contribution is -2.06. The largest absolute Gasteiger partial charge is 0.478 e. The molecule has 0 amide bonds. The second-order valence-electron chi connectivity index (χ2n) is 4.74. The highest BCUT2D eigenvalue weighted by atomic mass is 16.5. The molecule has 152 valence electrons. The molecule has 0 atom stereocenters. The first-order valence-corrected chi connectivity index (χ1v) is 7.75. The molecule has 9 heteroatoms. The third-order valence-corrected chi connectivity index (χ3v) is 2.18. The maximum atomic E-state index is 10.7. The van der Waals surface area contributed by atoms with Crippen molar-refractivity contribution in [3.8, 4) is 0 Å². The Labute approximate surface area is 158 Å². The standard InChI is InChI=1S/C8H10O5.C7H12O2.C3H4O2/c1-5(8(11)12)4-13-7(10)3-6(2)9;1-3-5-6-9-7(8)4-2;1-2-3(4)5/h4H,3H2,1-2H3,(H,11,12);4H,2-3,5-6H2,1H3;2H,1H2,(H,4,5). The summed E-state index contributed by atoms with van der Waals surface area (Å²) in [4.78, 5) is 50.9. The molecule has 27 heavy (non-hydrogen) atoms. The number of carbonyl (C=O) groups excluding carboxylic acids is 3. The number of ether oxygens (including phenoxy) is 2. The highest BCUT2D eigenvalue weighted by molar-refractivity contribution is 5.94. The number of esters is 2. The van der Waals surface area contributed by atoms with Gasteiger partial charge in [-0.15, -0.1) is 0 Å². The molecule has 0 heterocycles. The normalized spacial score (nSPS) is 9.22. The molecule has 0 aromatic carbocycles. The molecule has 0 aliphatic carbocycles. The number of Topliss-reactive ketones (excluding diaryl/α,β-unsaturated/α-hetero) is 1. The van der Waals surface area contributed by atoms with Crippen LogP contribution in [0.1, 0.15) is 40.0 Å². The van der Waals surface area contributed by atoms with Gasteiger partial charge in [-0.2, -0.15) is 0 Å². The molecule has 0 aliphatic rings. The van der Waals surface area contributed by atoms with Crippen LogP contribution in [0.15, 0.2) is 37.1 Å². The third kappa shape index (κ3) is 27.9. The van der Waals surface area contributed by atoms with E-state index >= 15 is 0 Å². The van der Waals surface area contributed by atoms with E-state index in [9.17, 15) is 24.0 Å². The maximum Gasteiger partial charge on any atom is 0.334 e. The second-order valence-corrected chi connectivity index (χ2v) is 4.74. The molecular weight excluding hydrogens is 360 g/mol. The first-order valence-electron chi connectivity index (χ1n) is 7.75. The Morgan fingerprint density at radius 2 is 1.52 bits per heavy atom. The number of ketones is 1. The van der Waals surface area contributed by atoms with Crippen LogP contribution in [-0.4, -0.2) is 46.5 Å². The number of hydrogen-bond donors (Lipinski definition) is 2. The summed E-state index contributed by atoms with van der Waals surface area (Å²) in [6.07, 6.45) is 4.46. The summed E-state index contributed by atoms with van der Waals surface area (Å²) in [6.45, 7) is 11.3. The summed E-state index contributed by atoms with van der Waals surface area (Å²) in [5, 5.41) is 16.0. The Bertz CT molecular complexity index is 559. The fourth-order valence-electron chi connectivity index (χ4n) is 0.825. The van der Waals surface area contributed by atoms with Gasteiger partial charge >= 0.3 is 23.9 Å². The quantitative estimate of drug-likeness (QED) is 0.200. The van der Waals surface area contributed by atoms with E-state index in [1.807, 2.05) is 6.92 Å². The van der Waals surface area contributed by atoms with E-state index in [1.165, 1.54) is 19.9 Å². The first kappa shape index (κ1) is 28.6. The van der Waals surface area contributed by atoms with Crippen molar-refractivity contribution in [1.29, 1.82) is 0 Å². The smallest absolute Gasteiger partial charge is 0.334 e. The van der Waals surface area contributed by atoms with E-state index in [0.29, 0.717) is 6.61 Å². The average molecular weight is 386 g/mol. The topological polar surface area (TPSA) is 144 Å². The summed E-state index contributed by atoms with van der Waals surface area (Å²) >= 11 is 0. The van der Waals surface area contributed by atoms with Crippen LogP contribution in [0.5, 0.6) is 0 Å². The fourth-order valence-corrected chi connectivity index (χ4v) is 0.825. The minimum atomic E-state index is -1.17. The van der Waals surface area contributed by atoms with Crippen LogP contribution in [0, 0.1) is 0 Å². The van der Waals surface area contributed by atoms with E-state index in [4.69, 9.17) is 10.2 Å². The van der Waals surface area contributed by atoms with Crippen LogP contribution in [0.25, 0.3) is 0 Å². The molecule has 0 bridgehead atoms. The van der Waals surface area contributed by atoms with Gasteiger partial charge in [-0.1, -0.05) is 26.5 Å². The molecule has 0 aromatic rings. The first-order chi connectivity index (χ1) is 12.5. The van der Waals surface area contributed by atoms with Gasteiger partial charge in [-0.25, -0.2) is 14.4 Å². The Balaban J connectivity index is -0.000000356. The van der Waals surface area contributed by atoms with Crippen molar-refractivity contribution in [3.05, 3.63) is 37.1 Å². The van der Waals surface area contributed by atoms with Crippen molar-refractivity contribution in [2.45, 2.75) is 40.0 Å². The predicted octanol–water partition coefficient (Wildman–Crippen LogP) is 2.27. The SMILES string of the molecule is C=CC(=O)O.C=CC(=O)OCCCC.CC(=O)CC(=O)OC=C(C)C(=O)O. The van der Waals surface area contributed by atoms with Crippen molar-refractivity contribution in [1.82, 2.24) is 0 Å². The minimum absolute atomic E-state index is 0.100. The van der Waals surface area contributed by atoms with E-state index in [1.54, 1.807) is 0 Å². The van der Waals surface area contributed by atoms with Crippen LogP contribution >= 0.6 is 0 Å². The van der Waals surface area contributed by atoms with Crippen LogP contribution in [-0.2, 0) is 33.4 Å². The molecule has 0 saturated heterocycles. The minimum Gasteiger partial charge on any atom is -0.478 e. The number of carboxylic acids is 2. The summed E-state index contributed by atoms with van der Waals surface area (Å²) in [6, 6.07) is 0. The Morgan fingerprint density at radius 1 is 1.00 bits per heavy atom. The zero-order valence-electron chi connectivity index (χ0n) is 15.7. The van der Waals surface area contributed by atoms with Crippen molar-refractivity contribution in [2.24, 2.45) is 0 Å². The van der Waals surface area contributed by atoms with Gasteiger partial charge in [-0.3, -0.25) is 9.59 Å². The number of carboxylic acid groups (broad SMARTS) is 2.